The number of hydrogen-bond donors (Lipinski definition) is 0. The Bertz CT molecular complexity index is 1050. The van der Waals surface area contributed by atoms with Crippen molar-refractivity contribution >= 4 is 22.8 Å². The summed E-state index contributed by atoms with van der Waals surface area (Å²) in [7, 11) is 0. The van der Waals surface area contributed by atoms with Crippen LogP contribution in [-0.4, -0.2) is 16.0 Å². The minimum Gasteiger partial charge on any atom is -0.461 e. The lowest BCUT2D eigenvalue weighted by molar-refractivity contribution is -0.112. The predicted molar refractivity (Wildman–Crippen MR) is 92.1 cm³/mol. The molecule has 0 bridgehead atoms. The van der Waals surface area contributed by atoms with Gasteiger partial charge in [0.1, 0.15) is 24.0 Å². The van der Waals surface area contributed by atoms with Crippen molar-refractivity contribution in [3.8, 4) is 22.8 Å². The summed E-state index contributed by atoms with van der Waals surface area (Å²) in [6.07, 6.45) is 6.02. The molecule has 2 aromatic heterocycles. The lowest BCUT2D eigenvalue weighted by Crippen LogP contribution is -1.99. The van der Waals surface area contributed by atoms with Crippen LogP contribution in [0.2, 0.25) is 0 Å². The molecule has 6 nitrogen and oxygen atoms in total. The molecule has 6 heteroatoms. The zero-order valence-corrected chi connectivity index (χ0v) is 13.6. The first kappa shape index (κ1) is 15.1. The maximum atomic E-state index is 11.3. The summed E-state index contributed by atoms with van der Waals surface area (Å²) in [5.74, 6) is 2.50. The smallest absolute Gasteiger partial charge is 0.171 e. The molecule has 0 saturated heterocycles. The van der Waals surface area contributed by atoms with E-state index in [1.165, 1.54) is 25.5 Å². The number of rotatable bonds is 3. The van der Waals surface area contributed by atoms with Crippen molar-refractivity contribution in [2.45, 2.75) is 13.8 Å². The van der Waals surface area contributed by atoms with E-state index in [2.05, 4.69) is 10.2 Å². The SMILES string of the molecule is CC(=O)/C=C\c1nnc2cc3c(cc2c1-c1ccc(C)o1)OC=CO3. The monoisotopic (exact) mass is 334 g/mol. The van der Waals surface area contributed by atoms with Gasteiger partial charge in [-0.05, 0) is 44.2 Å². The van der Waals surface area contributed by atoms with Crippen molar-refractivity contribution in [3.63, 3.8) is 0 Å². The van der Waals surface area contributed by atoms with Gasteiger partial charge in [-0.1, -0.05) is 0 Å². The highest BCUT2D eigenvalue weighted by atomic mass is 16.5. The molecule has 1 aliphatic heterocycles. The summed E-state index contributed by atoms with van der Waals surface area (Å²) in [5.41, 5.74) is 1.93. The van der Waals surface area contributed by atoms with Crippen molar-refractivity contribution in [1.82, 2.24) is 10.2 Å². The molecule has 0 N–H and O–H groups in total. The topological polar surface area (TPSA) is 74.5 Å². The molecule has 0 unspecified atom stereocenters. The summed E-state index contributed by atoms with van der Waals surface area (Å²) < 4.78 is 16.7. The second-order valence-electron chi connectivity index (χ2n) is 5.64. The fraction of sp³-hybridized carbons (Fsp3) is 0.105. The van der Waals surface area contributed by atoms with E-state index in [4.69, 9.17) is 13.9 Å². The molecule has 1 aromatic carbocycles. The standard InChI is InChI=1S/C19H14N2O4/c1-11(22)3-5-14-19(16-6-4-12(2)25-16)13-9-17-18(24-8-7-23-17)10-15(13)21-20-14/h3-10H,1-2H3/b5-3-. The number of nitrogens with zero attached hydrogens (tertiary/aromatic N) is 2. The van der Waals surface area contributed by atoms with E-state index in [1.54, 1.807) is 12.1 Å². The Hall–Kier alpha value is -3.41. The largest absolute Gasteiger partial charge is 0.461 e. The minimum atomic E-state index is -0.0733. The summed E-state index contributed by atoms with van der Waals surface area (Å²) >= 11 is 0. The van der Waals surface area contributed by atoms with Crippen LogP contribution in [-0.2, 0) is 4.79 Å². The van der Waals surface area contributed by atoms with Crippen LogP contribution in [0.15, 0.2) is 47.3 Å². The molecular weight excluding hydrogens is 320 g/mol. The van der Waals surface area contributed by atoms with Crippen molar-refractivity contribution in [3.05, 3.63) is 54.3 Å². The number of ether oxygens (including phenoxy) is 2. The molecule has 3 heterocycles. The van der Waals surface area contributed by atoms with Gasteiger partial charge in [-0.3, -0.25) is 4.79 Å². The van der Waals surface area contributed by atoms with Gasteiger partial charge in [0.25, 0.3) is 0 Å². The normalized spacial score (nSPS) is 12.9. The van der Waals surface area contributed by atoms with Crippen LogP contribution in [0.5, 0.6) is 11.5 Å². The minimum absolute atomic E-state index is 0.0733. The molecule has 0 aliphatic carbocycles. The number of furan rings is 1. The zero-order chi connectivity index (χ0) is 17.4. The fourth-order valence-electron chi connectivity index (χ4n) is 2.66. The highest BCUT2D eigenvalue weighted by molar-refractivity contribution is 5.99. The first-order valence-electron chi connectivity index (χ1n) is 7.70. The van der Waals surface area contributed by atoms with Crippen LogP contribution < -0.4 is 9.47 Å². The highest BCUT2D eigenvalue weighted by Gasteiger charge is 2.18. The number of aryl methyl sites for hydroxylation is 1. The number of benzene rings is 1. The second-order valence-corrected chi connectivity index (χ2v) is 5.64. The first-order valence-corrected chi connectivity index (χ1v) is 7.70. The average molecular weight is 334 g/mol. The molecule has 4 rings (SSSR count). The molecule has 0 spiro atoms. The van der Waals surface area contributed by atoms with Gasteiger partial charge in [0.15, 0.2) is 17.3 Å². The maximum absolute atomic E-state index is 11.3. The second kappa shape index (κ2) is 5.90. The Morgan fingerprint density at radius 2 is 1.84 bits per heavy atom. The van der Waals surface area contributed by atoms with Crippen molar-refractivity contribution in [2.24, 2.45) is 0 Å². The Morgan fingerprint density at radius 1 is 1.08 bits per heavy atom. The number of ketones is 1. The van der Waals surface area contributed by atoms with Crippen LogP contribution in [0.1, 0.15) is 18.4 Å². The number of carbonyl (C=O) groups is 1. The molecule has 3 aromatic rings. The molecule has 0 fully saturated rings. The summed E-state index contributed by atoms with van der Waals surface area (Å²) in [6.45, 7) is 3.35. The quantitative estimate of drug-likeness (QED) is 0.673. The number of allylic oxidation sites excluding steroid dienone is 1. The molecule has 0 saturated carbocycles. The molecule has 0 atom stereocenters. The lowest BCUT2D eigenvalue weighted by atomic mass is 10.0. The van der Waals surface area contributed by atoms with Gasteiger partial charge in [-0.2, -0.15) is 0 Å². The van der Waals surface area contributed by atoms with E-state index in [0.717, 1.165) is 16.7 Å². The van der Waals surface area contributed by atoms with Crippen LogP contribution in [0.3, 0.4) is 0 Å². The van der Waals surface area contributed by atoms with Gasteiger partial charge < -0.3 is 13.9 Å². The van der Waals surface area contributed by atoms with Crippen molar-refractivity contribution in [2.75, 3.05) is 0 Å². The third-order valence-corrected chi connectivity index (χ3v) is 3.76. The summed E-state index contributed by atoms with van der Waals surface area (Å²) in [4.78, 5) is 11.3. The van der Waals surface area contributed by atoms with E-state index >= 15 is 0 Å². The van der Waals surface area contributed by atoms with E-state index in [9.17, 15) is 4.79 Å². The van der Waals surface area contributed by atoms with E-state index in [1.807, 2.05) is 25.1 Å². The van der Waals surface area contributed by atoms with Crippen LogP contribution in [0.4, 0.5) is 0 Å². The average Bonchev–Trinajstić information content (AvgIpc) is 3.03. The van der Waals surface area contributed by atoms with Gasteiger partial charge in [0.05, 0.1) is 16.8 Å². The molecule has 25 heavy (non-hydrogen) atoms. The molecule has 124 valence electrons. The number of aromatic nitrogens is 2. The van der Waals surface area contributed by atoms with Gasteiger partial charge in [-0.25, -0.2) is 0 Å². The first-order chi connectivity index (χ1) is 12.1. The summed E-state index contributed by atoms with van der Waals surface area (Å²) in [6, 6.07) is 7.34. The molecule has 0 amide bonds. The zero-order valence-electron chi connectivity index (χ0n) is 13.6. The van der Waals surface area contributed by atoms with Gasteiger partial charge >= 0.3 is 0 Å². The molecular formula is C19H14N2O4. The third-order valence-electron chi connectivity index (χ3n) is 3.76. The molecule has 1 aliphatic rings. The third kappa shape index (κ3) is 2.78. The van der Waals surface area contributed by atoms with Crippen molar-refractivity contribution < 1.29 is 18.7 Å². The maximum Gasteiger partial charge on any atom is 0.171 e. The van der Waals surface area contributed by atoms with Crippen molar-refractivity contribution in [1.29, 1.82) is 0 Å². The van der Waals surface area contributed by atoms with Gasteiger partial charge in [-0.15, -0.1) is 10.2 Å². The predicted octanol–water partition coefficient (Wildman–Crippen LogP) is 4.04. The summed E-state index contributed by atoms with van der Waals surface area (Å²) in [5, 5.41) is 9.29. The van der Waals surface area contributed by atoms with E-state index in [0.29, 0.717) is 28.5 Å². The van der Waals surface area contributed by atoms with Gasteiger partial charge in [0, 0.05) is 11.5 Å². The Morgan fingerprint density at radius 3 is 2.52 bits per heavy atom. The lowest BCUT2D eigenvalue weighted by Gasteiger charge is -2.14. The van der Waals surface area contributed by atoms with Crippen LogP contribution in [0, 0.1) is 6.92 Å². The number of carbonyl (C=O) groups excluding carboxylic acids is 1. The Kier molecular flexibility index (Phi) is 3.57. The fourth-order valence-corrected chi connectivity index (χ4v) is 2.66. The Balaban J connectivity index is 2.00. The van der Waals surface area contributed by atoms with E-state index < -0.39 is 0 Å². The molecule has 0 radical (unpaired) electrons. The van der Waals surface area contributed by atoms with E-state index in [-0.39, 0.29) is 5.78 Å². The highest BCUT2D eigenvalue weighted by Crippen LogP contribution is 2.39. The Labute approximate surface area is 143 Å². The van der Waals surface area contributed by atoms with Gasteiger partial charge in [0.2, 0.25) is 0 Å². The van der Waals surface area contributed by atoms with Crippen LogP contribution >= 0.6 is 0 Å². The number of fused-ring (bicyclic) bond motifs is 2. The number of hydrogen-bond acceptors (Lipinski definition) is 6. The van der Waals surface area contributed by atoms with Crippen LogP contribution in [0.25, 0.3) is 28.3 Å².